The van der Waals surface area contributed by atoms with Gasteiger partial charge in [-0.15, -0.1) is 0 Å². The topological polar surface area (TPSA) is 237 Å². The molecule has 0 aromatic heterocycles. The van der Waals surface area contributed by atoms with E-state index in [-0.39, 0.29) is 25.7 Å². The number of esters is 4. The Kier molecular flexibility index (Phi) is 52.5. The zero-order valence-corrected chi connectivity index (χ0v) is 53.2. The lowest BCUT2D eigenvalue weighted by Gasteiger charge is -2.21. The van der Waals surface area contributed by atoms with E-state index in [4.69, 9.17) is 37.0 Å². The standard InChI is InChI=1S/C61H118O17P2/c1-7-10-12-14-16-18-27-33-39-45-60(65)77-56(49-71-58(63)43-37-31-23-15-13-11-8-2)51-75-79(67,68)73-47-55(62)48-74-80(69,70)76-52-57(78-61(66)46-40-34-28-20-17-19-24-29-35-41-53(4)5)50-72-59(64)44-38-32-26-22-21-25-30-36-42-54(6)9-3/h53-57,62H,7-52H2,1-6H3,(H,67,68)(H,69,70)/t54?,55-,56+,57+/m0/s1. The van der Waals surface area contributed by atoms with Gasteiger partial charge in [0.2, 0.25) is 0 Å². The van der Waals surface area contributed by atoms with Gasteiger partial charge in [0.15, 0.2) is 12.2 Å². The molecular formula is C61H118O17P2. The normalized spacial score (nSPS) is 14.7. The van der Waals surface area contributed by atoms with Crippen molar-refractivity contribution >= 4 is 39.5 Å². The van der Waals surface area contributed by atoms with Gasteiger partial charge in [0.05, 0.1) is 26.4 Å². The van der Waals surface area contributed by atoms with Crippen LogP contribution in [0.3, 0.4) is 0 Å². The molecule has 3 N–H and O–H groups in total. The Bertz CT molecular complexity index is 1580. The molecule has 0 heterocycles. The van der Waals surface area contributed by atoms with Crippen molar-refractivity contribution in [3.8, 4) is 0 Å². The molecule has 474 valence electrons. The maximum absolute atomic E-state index is 12.9. The molecule has 0 aliphatic rings. The highest BCUT2D eigenvalue weighted by Gasteiger charge is 2.30. The zero-order chi connectivity index (χ0) is 59.4. The number of unbranched alkanes of at least 4 members (excludes halogenated alkanes) is 29. The molecule has 0 amide bonds. The maximum atomic E-state index is 12.9. The number of aliphatic hydroxyl groups is 1. The van der Waals surface area contributed by atoms with Crippen LogP contribution in [0.5, 0.6) is 0 Å². The number of phosphoric acid groups is 2. The smallest absolute Gasteiger partial charge is 0.462 e. The Balaban J connectivity index is 5.22. The summed E-state index contributed by atoms with van der Waals surface area (Å²) in [5.74, 6) is -0.630. The van der Waals surface area contributed by atoms with E-state index in [2.05, 4.69) is 41.5 Å². The van der Waals surface area contributed by atoms with Crippen LogP contribution in [0.4, 0.5) is 0 Å². The maximum Gasteiger partial charge on any atom is 0.472 e. The van der Waals surface area contributed by atoms with Gasteiger partial charge >= 0.3 is 39.5 Å². The molecule has 3 unspecified atom stereocenters. The number of carbonyl (C=O) groups excluding carboxylic acids is 4. The number of ether oxygens (including phenoxy) is 4. The molecular weight excluding hydrogens is 1070 g/mol. The van der Waals surface area contributed by atoms with E-state index in [1.807, 2.05) is 0 Å². The fraction of sp³-hybridized carbons (Fsp3) is 0.934. The molecule has 0 aromatic carbocycles. The minimum atomic E-state index is -4.94. The number of hydrogen-bond acceptors (Lipinski definition) is 15. The fourth-order valence-corrected chi connectivity index (χ4v) is 10.5. The van der Waals surface area contributed by atoms with Crippen molar-refractivity contribution in [3.05, 3.63) is 0 Å². The van der Waals surface area contributed by atoms with Crippen molar-refractivity contribution in [3.63, 3.8) is 0 Å². The molecule has 0 bridgehead atoms. The third-order valence-electron chi connectivity index (χ3n) is 14.3. The molecule has 0 saturated carbocycles. The highest BCUT2D eigenvalue weighted by molar-refractivity contribution is 7.47. The van der Waals surface area contributed by atoms with Crippen LogP contribution in [-0.2, 0) is 65.4 Å². The Labute approximate surface area is 486 Å². The number of carbonyl (C=O) groups is 4. The second-order valence-corrected chi connectivity index (χ2v) is 25.7. The van der Waals surface area contributed by atoms with Gasteiger partial charge < -0.3 is 33.8 Å². The van der Waals surface area contributed by atoms with Crippen molar-refractivity contribution in [2.45, 2.75) is 317 Å². The van der Waals surface area contributed by atoms with Crippen LogP contribution >= 0.6 is 15.6 Å². The van der Waals surface area contributed by atoms with Crippen LogP contribution in [0.25, 0.3) is 0 Å². The summed E-state index contributed by atoms with van der Waals surface area (Å²) in [7, 11) is -9.87. The minimum absolute atomic E-state index is 0.105. The van der Waals surface area contributed by atoms with E-state index in [1.54, 1.807) is 0 Å². The first-order valence-electron chi connectivity index (χ1n) is 32.0. The summed E-state index contributed by atoms with van der Waals surface area (Å²) < 4.78 is 67.8. The van der Waals surface area contributed by atoms with Crippen LogP contribution in [0.15, 0.2) is 0 Å². The second-order valence-electron chi connectivity index (χ2n) is 22.8. The summed E-state index contributed by atoms with van der Waals surface area (Å²) in [6.45, 7) is 9.39. The van der Waals surface area contributed by atoms with E-state index in [0.29, 0.717) is 25.7 Å². The fourth-order valence-electron chi connectivity index (χ4n) is 8.97. The van der Waals surface area contributed by atoms with Crippen LogP contribution in [-0.4, -0.2) is 96.7 Å². The number of hydrogen-bond donors (Lipinski definition) is 3. The van der Waals surface area contributed by atoms with E-state index < -0.39 is 97.5 Å². The van der Waals surface area contributed by atoms with Gasteiger partial charge in [-0.2, -0.15) is 0 Å². The van der Waals surface area contributed by atoms with Crippen LogP contribution in [0.2, 0.25) is 0 Å². The van der Waals surface area contributed by atoms with E-state index >= 15 is 0 Å². The molecule has 0 radical (unpaired) electrons. The molecule has 6 atom stereocenters. The van der Waals surface area contributed by atoms with Gasteiger partial charge in [0, 0.05) is 25.7 Å². The van der Waals surface area contributed by atoms with Crippen LogP contribution in [0.1, 0.15) is 298 Å². The van der Waals surface area contributed by atoms with Gasteiger partial charge in [-0.1, -0.05) is 247 Å². The lowest BCUT2D eigenvalue weighted by Crippen LogP contribution is -2.30. The predicted molar refractivity (Wildman–Crippen MR) is 317 cm³/mol. The Morgan fingerprint density at radius 1 is 0.362 bits per heavy atom. The van der Waals surface area contributed by atoms with Gasteiger partial charge in [0.1, 0.15) is 19.3 Å². The third kappa shape index (κ3) is 54.0. The molecule has 0 saturated heterocycles. The average Bonchev–Trinajstić information content (AvgIpc) is 3.42. The van der Waals surface area contributed by atoms with Crippen molar-refractivity contribution in [2.75, 3.05) is 39.6 Å². The Hall–Kier alpha value is -1.94. The first-order valence-corrected chi connectivity index (χ1v) is 35.0. The van der Waals surface area contributed by atoms with Crippen LogP contribution in [0, 0.1) is 11.8 Å². The quantitative estimate of drug-likeness (QED) is 0.0222. The molecule has 19 heteroatoms. The summed E-state index contributed by atoms with van der Waals surface area (Å²) in [4.78, 5) is 71.9. The number of rotatable bonds is 60. The van der Waals surface area contributed by atoms with Gasteiger partial charge in [-0.3, -0.25) is 37.3 Å². The first kappa shape index (κ1) is 78.1. The lowest BCUT2D eigenvalue weighted by atomic mass is 9.99. The summed E-state index contributed by atoms with van der Waals surface area (Å²) in [5.41, 5.74) is 0. The summed E-state index contributed by atoms with van der Waals surface area (Å²) in [6.07, 6.45) is 34.9. The monoisotopic (exact) mass is 1180 g/mol. The largest absolute Gasteiger partial charge is 0.472 e. The number of aliphatic hydroxyl groups excluding tert-OH is 1. The molecule has 0 aliphatic heterocycles. The predicted octanol–water partition coefficient (Wildman–Crippen LogP) is 16.5. The molecule has 17 nitrogen and oxygen atoms in total. The van der Waals surface area contributed by atoms with Crippen molar-refractivity contribution in [1.29, 1.82) is 0 Å². The molecule has 80 heavy (non-hydrogen) atoms. The van der Waals surface area contributed by atoms with Crippen LogP contribution < -0.4 is 0 Å². The van der Waals surface area contributed by atoms with Crippen molar-refractivity contribution in [2.24, 2.45) is 11.8 Å². The van der Waals surface area contributed by atoms with E-state index in [1.165, 1.54) is 103 Å². The molecule has 0 fully saturated rings. The van der Waals surface area contributed by atoms with Gasteiger partial charge in [-0.05, 0) is 37.5 Å². The second kappa shape index (κ2) is 53.8. The van der Waals surface area contributed by atoms with E-state index in [0.717, 1.165) is 115 Å². The minimum Gasteiger partial charge on any atom is -0.462 e. The summed E-state index contributed by atoms with van der Waals surface area (Å²) >= 11 is 0. The SMILES string of the molecule is CCCCCCCCCCCC(=O)O[C@H](COC(=O)CCCCCCCCC)COP(=O)(O)OC[C@H](O)COP(=O)(O)OC[C@@H](COC(=O)CCCCCCCCCCC(C)CC)OC(=O)CCCCCCCCCCCC(C)C. The highest BCUT2D eigenvalue weighted by atomic mass is 31.2. The molecule has 0 rings (SSSR count). The number of phosphoric ester groups is 2. The lowest BCUT2D eigenvalue weighted by molar-refractivity contribution is -0.161. The van der Waals surface area contributed by atoms with Crippen molar-refractivity contribution < 1.29 is 80.2 Å². The Morgan fingerprint density at radius 3 is 0.950 bits per heavy atom. The highest BCUT2D eigenvalue weighted by Crippen LogP contribution is 2.45. The third-order valence-corrected chi connectivity index (χ3v) is 16.2. The summed E-state index contributed by atoms with van der Waals surface area (Å²) in [6, 6.07) is 0. The van der Waals surface area contributed by atoms with Gasteiger partial charge in [0.25, 0.3) is 0 Å². The molecule has 0 aromatic rings. The summed E-state index contributed by atoms with van der Waals surface area (Å²) in [5, 5.41) is 10.5. The Morgan fingerprint density at radius 2 is 0.637 bits per heavy atom. The molecule has 0 spiro atoms. The van der Waals surface area contributed by atoms with Gasteiger partial charge in [-0.25, -0.2) is 9.13 Å². The van der Waals surface area contributed by atoms with Crippen molar-refractivity contribution in [1.82, 2.24) is 0 Å². The van der Waals surface area contributed by atoms with E-state index in [9.17, 15) is 43.2 Å². The zero-order valence-electron chi connectivity index (χ0n) is 51.4. The first-order chi connectivity index (χ1) is 38.4. The molecule has 0 aliphatic carbocycles. The average molecular weight is 1190 g/mol.